The number of anilines is 3. The van der Waals surface area contributed by atoms with Crippen LogP contribution in [0.15, 0.2) is 249 Å². The van der Waals surface area contributed by atoms with E-state index < -0.39 is 0 Å². The first-order valence-corrected chi connectivity index (χ1v) is 27.5. The van der Waals surface area contributed by atoms with Crippen LogP contribution in [-0.4, -0.2) is 9.13 Å². The number of benzene rings is 13. The summed E-state index contributed by atoms with van der Waals surface area (Å²) in [6.07, 6.45) is 0. The zero-order valence-corrected chi connectivity index (χ0v) is 43.2. The van der Waals surface area contributed by atoms with Gasteiger partial charge in [-0.3, -0.25) is 0 Å². The van der Waals surface area contributed by atoms with Crippen LogP contribution in [-0.2, 0) is 5.41 Å². The van der Waals surface area contributed by atoms with Crippen LogP contribution >= 0.6 is 11.3 Å². The van der Waals surface area contributed by atoms with Crippen molar-refractivity contribution in [2.24, 2.45) is 0 Å². The Bertz CT molecular complexity index is 5190. The highest BCUT2D eigenvalue weighted by Gasteiger charge is 2.38. The van der Waals surface area contributed by atoms with E-state index in [2.05, 4.69) is 277 Å². The third-order valence-corrected chi connectivity index (χ3v) is 18.3. The summed E-state index contributed by atoms with van der Waals surface area (Å²) in [4.78, 5) is 2.58. The number of nitrogens with zero attached hydrogens (tertiary/aromatic N) is 3. The van der Waals surface area contributed by atoms with E-state index in [-0.39, 0.29) is 5.41 Å². The first kappa shape index (κ1) is 42.8. The Balaban J connectivity index is 0.902. The number of thiophene rings is 1. The van der Waals surface area contributed by atoms with Gasteiger partial charge in [0.05, 0.1) is 33.4 Å². The van der Waals surface area contributed by atoms with E-state index in [1.807, 2.05) is 11.3 Å². The van der Waals surface area contributed by atoms with Crippen LogP contribution in [0.1, 0.15) is 25.0 Å². The number of aromatic nitrogens is 2. The molecule has 4 heterocycles. The van der Waals surface area contributed by atoms with Crippen LogP contribution in [0.4, 0.5) is 17.1 Å². The third-order valence-electron chi connectivity index (χ3n) is 17.2. The van der Waals surface area contributed by atoms with E-state index in [0.717, 1.165) is 17.1 Å². The standard InChI is InChI=1S/C73H47N3S/c1-73(2)63-37-44-17-9-10-18-45(44)38-69(63)76(70-43-72-62(41-64(70)73)61-40-56-53-25-13-11-23-51(53)52-24-12-14-26-54(52)57(56)42-71(61)77-72)50-31-34-68-60(39-50)59-36-47(30-33-67(59)75(68)49-21-7-4-8-22-49)46-29-32-66-58(35-46)55-27-15-16-28-65(55)74(66)48-19-5-3-6-20-48/h3-43H,1-2H3. The topological polar surface area (TPSA) is 13.1 Å². The molecule has 0 saturated carbocycles. The van der Waals surface area contributed by atoms with E-state index in [4.69, 9.17) is 0 Å². The van der Waals surface area contributed by atoms with Gasteiger partial charge in [0.15, 0.2) is 0 Å². The van der Waals surface area contributed by atoms with Crippen molar-refractivity contribution >= 4 is 135 Å². The summed E-state index contributed by atoms with van der Waals surface area (Å²) in [5.41, 5.74) is 15.4. The first-order valence-electron chi connectivity index (χ1n) is 26.7. The van der Waals surface area contributed by atoms with Gasteiger partial charge in [0.25, 0.3) is 0 Å². The van der Waals surface area contributed by atoms with Crippen LogP contribution in [0.3, 0.4) is 0 Å². The highest BCUT2D eigenvalue weighted by atomic mass is 32.1. The summed E-state index contributed by atoms with van der Waals surface area (Å²) in [6, 6.07) is 93.3. The summed E-state index contributed by atoms with van der Waals surface area (Å²) in [7, 11) is 0. The smallest absolute Gasteiger partial charge is 0.0542 e. The molecule has 16 aromatic rings. The van der Waals surface area contributed by atoms with Gasteiger partial charge in [-0.15, -0.1) is 11.3 Å². The Labute approximate surface area is 448 Å². The minimum Gasteiger partial charge on any atom is -0.310 e. The molecule has 0 spiro atoms. The van der Waals surface area contributed by atoms with E-state index >= 15 is 0 Å². The van der Waals surface area contributed by atoms with Crippen molar-refractivity contribution in [1.82, 2.24) is 9.13 Å². The summed E-state index contributed by atoms with van der Waals surface area (Å²) >= 11 is 1.92. The van der Waals surface area contributed by atoms with Gasteiger partial charge in [-0.05, 0) is 175 Å². The van der Waals surface area contributed by atoms with Crippen LogP contribution in [0, 0.1) is 0 Å². The van der Waals surface area contributed by atoms with Crippen molar-refractivity contribution in [3.63, 3.8) is 0 Å². The van der Waals surface area contributed by atoms with Gasteiger partial charge in [-0.2, -0.15) is 0 Å². The molecule has 0 atom stereocenters. The number of hydrogen-bond acceptors (Lipinski definition) is 2. The Morgan fingerprint density at radius 2 is 0.727 bits per heavy atom. The zero-order chi connectivity index (χ0) is 50.7. The lowest BCUT2D eigenvalue weighted by atomic mass is 9.72. The van der Waals surface area contributed by atoms with Crippen LogP contribution in [0.5, 0.6) is 0 Å². The Hall–Kier alpha value is -9.48. The summed E-state index contributed by atoms with van der Waals surface area (Å²) < 4.78 is 7.45. The van der Waals surface area contributed by atoms with Gasteiger partial charge in [-0.25, -0.2) is 0 Å². The number of rotatable bonds is 4. The fourth-order valence-corrected chi connectivity index (χ4v) is 14.7. The molecule has 0 bridgehead atoms. The molecule has 3 aromatic heterocycles. The molecule has 0 radical (unpaired) electrons. The molecular formula is C73H47N3S. The fraction of sp³-hybridized carbons (Fsp3) is 0.0411. The molecule has 0 amide bonds. The SMILES string of the molecule is CC1(C)c2cc3ccccc3cc2N(c2ccc3c(c2)c2cc(-c4ccc5c(c4)c4ccccc4n5-c4ccccc4)ccc2n3-c2ccccc2)c2cc3sc4cc5c6ccccc6c6ccccc6c5cc4c3cc21. The highest BCUT2D eigenvalue weighted by molar-refractivity contribution is 7.26. The molecular weight excluding hydrogens is 951 g/mol. The predicted molar refractivity (Wildman–Crippen MR) is 330 cm³/mol. The van der Waals surface area contributed by atoms with Crippen molar-refractivity contribution in [3.8, 4) is 22.5 Å². The number of para-hydroxylation sites is 3. The molecule has 0 N–H and O–H groups in total. The van der Waals surface area contributed by atoms with Gasteiger partial charge >= 0.3 is 0 Å². The van der Waals surface area contributed by atoms with Gasteiger partial charge < -0.3 is 14.0 Å². The Kier molecular flexibility index (Phi) is 8.78. The lowest BCUT2D eigenvalue weighted by Crippen LogP contribution is -2.30. The maximum atomic E-state index is 2.58. The molecule has 4 heteroatoms. The molecule has 1 aliphatic rings. The van der Waals surface area contributed by atoms with Crippen molar-refractivity contribution in [3.05, 3.63) is 260 Å². The average molecular weight is 998 g/mol. The molecule has 0 aliphatic carbocycles. The molecule has 13 aromatic carbocycles. The summed E-state index contributed by atoms with van der Waals surface area (Å²) in [5, 5.41) is 17.9. The van der Waals surface area contributed by atoms with Gasteiger partial charge in [0, 0.05) is 64.2 Å². The van der Waals surface area contributed by atoms with Crippen LogP contribution < -0.4 is 4.90 Å². The fourth-order valence-electron chi connectivity index (χ4n) is 13.6. The first-order chi connectivity index (χ1) is 37.9. The Morgan fingerprint density at radius 1 is 0.286 bits per heavy atom. The lowest BCUT2D eigenvalue weighted by Gasteiger charge is -2.42. The molecule has 3 nitrogen and oxygen atoms in total. The largest absolute Gasteiger partial charge is 0.310 e. The Morgan fingerprint density at radius 3 is 1.36 bits per heavy atom. The van der Waals surface area contributed by atoms with Crippen molar-refractivity contribution in [2.75, 3.05) is 4.90 Å². The highest BCUT2D eigenvalue weighted by Crippen LogP contribution is 2.56. The second kappa shape index (κ2) is 15.8. The monoisotopic (exact) mass is 997 g/mol. The lowest BCUT2D eigenvalue weighted by molar-refractivity contribution is 0.634. The summed E-state index contributed by atoms with van der Waals surface area (Å²) in [6.45, 7) is 4.86. The van der Waals surface area contributed by atoms with E-state index in [0.29, 0.717) is 0 Å². The zero-order valence-electron chi connectivity index (χ0n) is 42.4. The number of fused-ring (bicyclic) bond motifs is 18. The summed E-state index contributed by atoms with van der Waals surface area (Å²) in [5.74, 6) is 0. The minimum atomic E-state index is -0.301. The molecule has 0 unspecified atom stereocenters. The van der Waals surface area contributed by atoms with Gasteiger partial charge in [0.2, 0.25) is 0 Å². The predicted octanol–water partition coefficient (Wildman–Crippen LogP) is 20.6. The van der Waals surface area contributed by atoms with E-state index in [1.165, 1.54) is 141 Å². The van der Waals surface area contributed by atoms with Gasteiger partial charge in [0.1, 0.15) is 0 Å². The van der Waals surface area contributed by atoms with Gasteiger partial charge in [-0.1, -0.05) is 153 Å². The minimum absolute atomic E-state index is 0.301. The normalized spacial score (nSPS) is 13.4. The van der Waals surface area contributed by atoms with E-state index in [9.17, 15) is 0 Å². The van der Waals surface area contributed by atoms with Crippen molar-refractivity contribution in [1.29, 1.82) is 0 Å². The second-order valence-electron chi connectivity index (χ2n) is 21.7. The molecule has 0 fully saturated rings. The quantitative estimate of drug-likeness (QED) is 0.160. The van der Waals surface area contributed by atoms with Crippen molar-refractivity contribution in [2.45, 2.75) is 19.3 Å². The van der Waals surface area contributed by atoms with Crippen molar-refractivity contribution < 1.29 is 0 Å². The van der Waals surface area contributed by atoms with Crippen LogP contribution in [0.25, 0.3) is 129 Å². The molecule has 77 heavy (non-hydrogen) atoms. The number of hydrogen-bond donors (Lipinski definition) is 0. The molecule has 360 valence electrons. The van der Waals surface area contributed by atoms with Crippen LogP contribution in [0.2, 0.25) is 0 Å². The third kappa shape index (κ3) is 6.07. The molecule has 1 aliphatic heterocycles. The maximum absolute atomic E-state index is 2.58. The van der Waals surface area contributed by atoms with E-state index in [1.54, 1.807) is 0 Å². The average Bonchev–Trinajstić information content (AvgIpc) is 4.36. The molecule has 0 saturated heterocycles. The second-order valence-corrected chi connectivity index (χ2v) is 22.7. The maximum Gasteiger partial charge on any atom is 0.0542 e. The molecule has 17 rings (SSSR count).